The van der Waals surface area contributed by atoms with Gasteiger partial charge in [0.15, 0.2) is 0 Å². The van der Waals surface area contributed by atoms with Crippen LogP contribution in [0.1, 0.15) is 24.5 Å². The molecular formula is C13H21NO. The third-order valence-corrected chi connectivity index (χ3v) is 2.86. The van der Waals surface area contributed by atoms with E-state index >= 15 is 0 Å². The quantitative estimate of drug-likeness (QED) is 0.746. The van der Waals surface area contributed by atoms with Gasteiger partial charge >= 0.3 is 0 Å². The normalized spacial score (nSPS) is 12.7. The third-order valence-electron chi connectivity index (χ3n) is 2.86. The van der Waals surface area contributed by atoms with Gasteiger partial charge in [-0.15, -0.1) is 0 Å². The van der Waals surface area contributed by atoms with Crippen molar-refractivity contribution in [3.63, 3.8) is 0 Å². The van der Waals surface area contributed by atoms with Crippen LogP contribution in [0.3, 0.4) is 0 Å². The van der Waals surface area contributed by atoms with Crippen LogP contribution in [-0.4, -0.2) is 18.3 Å². The molecule has 0 aliphatic carbocycles. The highest BCUT2D eigenvalue weighted by molar-refractivity contribution is 5.22. The van der Waals surface area contributed by atoms with E-state index < -0.39 is 0 Å². The summed E-state index contributed by atoms with van der Waals surface area (Å²) >= 11 is 0. The number of hydrogen-bond acceptors (Lipinski definition) is 2. The molecule has 1 atom stereocenters. The van der Waals surface area contributed by atoms with Crippen LogP contribution in [0.5, 0.6) is 0 Å². The molecule has 0 spiro atoms. The smallest absolute Gasteiger partial charge is 0.0471 e. The van der Waals surface area contributed by atoms with E-state index in [1.807, 2.05) is 0 Å². The number of hydrogen-bond donors (Lipinski definition) is 2. The second-order valence-corrected chi connectivity index (χ2v) is 3.99. The second kappa shape index (κ2) is 6.59. The molecule has 1 unspecified atom stereocenters. The Kier molecular flexibility index (Phi) is 5.37. The molecule has 0 saturated carbocycles. The topological polar surface area (TPSA) is 46.2 Å². The average Bonchev–Trinajstić information content (AvgIpc) is 2.31. The molecule has 2 heteroatoms. The van der Waals surface area contributed by atoms with E-state index in [9.17, 15) is 0 Å². The molecule has 1 aromatic carbocycles. The van der Waals surface area contributed by atoms with Gasteiger partial charge in [-0.25, -0.2) is 0 Å². The van der Waals surface area contributed by atoms with Gasteiger partial charge in [0.2, 0.25) is 0 Å². The Morgan fingerprint density at radius 1 is 1.20 bits per heavy atom. The molecule has 0 saturated heterocycles. The van der Waals surface area contributed by atoms with Crippen LogP contribution in [0.2, 0.25) is 0 Å². The van der Waals surface area contributed by atoms with E-state index in [-0.39, 0.29) is 12.5 Å². The molecule has 84 valence electrons. The molecule has 1 aromatic rings. The van der Waals surface area contributed by atoms with Crippen molar-refractivity contribution < 1.29 is 5.11 Å². The Morgan fingerprint density at radius 3 is 2.27 bits per heavy atom. The van der Waals surface area contributed by atoms with Crippen LogP contribution >= 0.6 is 0 Å². The van der Waals surface area contributed by atoms with Gasteiger partial charge < -0.3 is 10.8 Å². The first-order chi connectivity index (χ1) is 7.30. The minimum absolute atomic E-state index is 0.198. The fraction of sp³-hybridized carbons (Fsp3) is 0.538. The molecule has 0 heterocycles. The molecule has 0 aromatic heterocycles. The number of aliphatic hydroxyl groups excluding tert-OH is 1. The second-order valence-electron chi connectivity index (χ2n) is 3.99. The lowest BCUT2D eigenvalue weighted by Crippen LogP contribution is -2.18. The van der Waals surface area contributed by atoms with E-state index in [0.29, 0.717) is 6.54 Å². The zero-order valence-corrected chi connectivity index (χ0v) is 9.45. The fourth-order valence-electron chi connectivity index (χ4n) is 1.60. The molecule has 0 aliphatic heterocycles. The summed E-state index contributed by atoms with van der Waals surface area (Å²) in [5, 5.41) is 9.01. The van der Waals surface area contributed by atoms with Crippen molar-refractivity contribution in [2.75, 3.05) is 13.2 Å². The first-order valence-corrected chi connectivity index (χ1v) is 5.68. The maximum atomic E-state index is 9.01. The maximum Gasteiger partial charge on any atom is 0.0471 e. The van der Waals surface area contributed by atoms with Crippen LogP contribution in [0.4, 0.5) is 0 Å². The summed E-state index contributed by atoms with van der Waals surface area (Å²) in [5.74, 6) is 0.246. The summed E-state index contributed by atoms with van der Waals surface area (Å²) in [4.78, 5) is 0. The van der Waals surface area contributed by atoms with Crippen LogP contribution < -0.4 is 5.73 Å². The fourth-order valence-corrected chi connectivity index (χ4v) is 1.60. The van der Waals surface area contributed by atoms with Crippen molar-refractivity contribution in [2.45, 2.75) is 26.2 Å². The van der Waals surface area contributed by atoms with Gasteiger partial charge in [0.1, 0.15) is 0 Å². The zero-order valence-electron chi connectivity index (χ0n) is 9.45. The Hall–Kier alpha value is -0.860. The van der Waals surface area contributed by atoms with Crippen molar-refractivity contribution in [2.24, 2.45) is 11.7 Å². The summed E-state index contributed by atoms with van der Waals surface area (Å²) in [7, 11) is 0. The Bertz CT molecular complexity index is 264. The largest absolute Gasteiger partial charge is 0.396 e. The van der Waals surface area contributed by atoms with E-state index in [4.69, 9.17) is 10.8 Å². The van der Waals surface area contributed by atoms with Crippen molar-refractivity contribution in [3.05, 3.63) is 35.4 Å². The lowest BCUT2D eigenvalue weighted by Gasteiger charge is -2.10. The van der Waals surface area contributed by atoms with Crippen molar-refractivity contribution in [3.8, 4) is 0 Å². The standard InChI is InChI=1S/C13H21NO/c1-2-11-3-5-12(6-4-11)7-8-13(9-14)10-15/h3-6,13,15H,2,7-10,14H2,1H3. The molecule has 0 aliphatic rings. The number of benzene rings is 1. The number of rotatable bonds is 6. The lowest BCUT2D eigenvalue weighted by molar-refractivity contribution is 0.223. The molecule has 3 N–H and O–H groups in total. The first-order valence-electron chi connectivity index (χ1n) is 5.68. The summed E-state index contributed by atoms with van der Waals surface area (Å²) in [6.45, 7) is 2.93. The minimum Gasteiger partial charge on any atom is -0.396 e. The van der Waals surface area contributed by atoms with Gasteiger partial charge in [0, 0.05) is 6.61 Å². The maximum absolute atomic E-state index is 9.01. The lowest BCUT2D eigenvalue weighted by atomic mass is 9.99. The van der Waals surface area contributed by atoms with Crippen molar-refractivity contribution in [1.29, 1.82) is 0 Å². The predicted octanol–water partition coefficient (Wildman–Crippen LogP) is 1.75. The Morgan fingerprint density at radius 2 is 1.80 bits per heavy atom. The van der Waals surface area contributed by atoms with Gasteiger partial charge in [-0.1, -0.05) is 31.2 Å². The van der Waals surface area contributed by atoms with Gasteiger partial charge in [-0.3, -0.25) is 0 Å². The van der Waals surface area contributed by atoms with E-state index in [0.717, 1.165) is 19.3 Å². The van der Waals surface area contributed by atoms with Crippen molar-refractivity contribution >= 4 is 0 Å². The minimum atomic E-state index is 0.198. The summed E-state index contributed by atoms with van der Waals surface area (Å²) in [6.07, 6.45) is 3.06. The van der Waals surface area contributed by atoms with Gasteiger partial charge in [-0.05, 0) is 42.9 Å². The van der Waals surface area contributed by atoms with Crippen LogP contribution in [0.25, 0.3) is 0 Å². The molecule has 1 rings (SSSR count). The van der Waals surface area contributed by atoms with Crippen LogP contribution in [0.15, 0.2) is 24.3 Å². The molecule has 0 bridgehead atoms. The molecule has 0 amide bonds. The van der Waals surface area contributed by atoms with Crippen LogP contribution in [0, 0.1) is 5.92 Å². The highest BCUT2D eigenvalue weighted by Crippen LogP contribution is 2.10. The van der Waals surface area contributed by atoms with E-state index in [1.165, 1.54) is 11.1 Å². The zero-order chi connectivity index (χ0) is 11.1. The number of nitrogens with two attached hydrogens (primary N) is 1. The predicted molar refractivity (Wildman–Crippen MR) is 63.8 cm³/mol. The van der Waals surface area contributed by atoms with Gasteiger partial charge in [0.25, 0.3) is 0 Å². The third kappa shape index (κ3) is 4.02. The van der Waals surface area contributed by atoms with Crippen molar-refractivity contribution in [1.82, 2.24) is 0 Å². The van der Waals surface area contributed by atoms with Gasteiger partial charge in [0.05, 0.1) is 0 Å². The molecular weight excluding hydrogens is 186 g/mol. The van der Waals surface area contributed by atoms with Gasteiger partial charge in [-0.2, -0.15) is 0 Å². The first kappa shape index (κ1) is 12.2. The Labute approximate surface area is 92.1 Å². The average molecular weight is 207 g/mol. The van der Waals surface area contributed by atoms with Crippen LogP contribution in [-0.2, 0) is 12.8 Å². The molecule has 0 fully saturated rings. The number of aryl methyl sites for hydroxylation is 2. The Balaban J connectivity index is 2.43. The monoisotopic (exact) mass is 207 g/mol. The molecule has 2 nitrogen and oxygen atoms in total. The summed E-state index contributed by atoms with van der Waals surface area (Å²) < 4.78 is 0. The summed E-state index contributed by atoms with van der Waals surface area (Å²) in [5.41, 5.74) is 8.24. The van der Waals surface area contributed by atoms with E-state index in [2.05, 4.69) is 31.2 Å². The number of aliphatic hydroxyl groups is 1. The highest BCUT2D eigenvalue weighted by atomic mass is 16.3. The highest BCUT2D eigenvalue weighted by Gasteiger charge is 2.04. The molecule has 0 radical (unpaired) electrons. The summed E-state index contributed by atoms with van der Waals surface area (Å²) in [6, 6.07) is 8.69. The van der Waals surface area contributed by atoms with E-state index in [1.54, 1.807) is 0 Å². The SMILES string of the molecule is CCc1ccc(CCC(CN)CO)cc1. The molecule has 15 heavy (non-hydrogen) atoms.